The van der Waals surface area contributed by atoms with Crippen molar-refractivity contribution in [1.82, 2.24) is 10.3 Å². The number of hydrogen-bond donors (Lipinski definition) is 2. The molecule has 22 heavy (non-hydrogen) atoms. The van der Waals surface area contributed by atoms with Crippen molar-refractivity contribution >= 4 is 40.2 Å². The third-order valence-corrected chi connectivity index (χ3v) is 4.53. The Morgan fingerprint density at radius 3 is 3.05 bits per heavy atom. The average Bonchev–Trinajstić information content (AvgIpc) is 2.47. The summed E-state index contributed by atoms with van der Waals surface area (Å²) in [6, 6.07) is 7.60. The van der Waals surface area contributed by atoms with Crippen LogP contribution in [0.25, 0.3) is 10.9 Å². The number of thioether (sulfide) groups is 1. The van der Waals surface area contributed by atoms with Gasteiger partial charge in [-0.15, -0.1) is 11.8 Å². The standard InChI is InChI=1S/C16H19ClN2O2S/c1-11(5-8-20)19-16(21)6-9-22-15-4-7-18-14-10-12(17)2-3-13(14)15/h2-4,7,10-11,20H,5-6,8-9H2,1H3,(H,19,21). The van der Waals surface area contributed by atoms with Gasteiger partial charge in [-0.3, -0.25) is 9.78 Å². The summed E-state index contributed by atoms with van der Waals surface area (Å²) in [6.45, 7) is 1.98. The van der Waals surface area contributed by atoms with Crippen LogP contribution < -0.4 is 5.32 Å². The summed E-state index contributed by atoms with van der Waals surface area (Å²) >= 11 is 7.60. The zero-order valence-corrected chi connectivity index (χ0v) is 14.0. The summed E-state index contributed by atoms with van der Waals surface area (Å²) in [7, 11) is 0. The third-order valence-electron chi connectivity index (χ3n) is 3.22. The quantitative estimate of drug-likeness (QED) is 0.761. The number of aromatic nitrogens is 1. The molecule has 2 N–H and O–H groups in total. The van der Waals surface area contributed by atoms with Gasteiger partial charge in [0.2, 0.25) is 5.91 Å². The van der Waals surface area contributed by atoms with Gasteiger partial charge in [0.25, 0.3) is 0 Å². The van der Waals surface area contributed by atoms with Crippen LogP contribution >= 0.6 is 23.4 Å². The maximum Gasteiger partial charge on any atom is 0.221 e. The molecule has 1 atom stereocenters. The lowest BCUT2D eigenvalue weighted by Crippen LogP contribution is -2.33. The molecule has 0 bridgehead atoms. The van der Waals surface area contributed by atoms with Gasteiger partial charge in [-0.25, -0.2) is 0 Å². The maximum absolute atomic E-state index is 11.8. The lowest BCUT2D eigenvalue weighted by atomic mass is 10.2. The van der Waals surface area contributed by atoms with E-state index >= 15 is 0 Å². The van der Waals surface area contributed by atoms with Crippen molar-refractivity contribution in [2.45, 2.75) is 30.7 Å². The number of hydrogen-bond acceptors (Lipinski definition) is 4. The molecule has 0 fully saturated rings. The molecule has 0 aliphatic heterocycles. The predicted molar refractivity (Wildman–Crippen MR) is 91.4 cm³/mol. The van der Waals surface area contributed by atoms with Crippen molar-refractivity contribution in [2.75, 3.05) is 12.4 Å². The fourth-order valence-electron chi connectivity index (χ4n) is 2.09. The first-order valence-electron chi connectivity index (χ1n) is 7.17. The number of carbonyl (C=O) groups is 1. The first-order valence-corrected chi connectivity index (χ1v) is 8.54. The van der Waals surface area contributed by atoms with Gasteiger partial charge in [-0.05, 0) is 31.5 Å². The molecule has 118 valence electrons. The summed E-state index contributed by atoms with van der Waals surface area (Å²) in [5, 5.41) is 13.4. The molecule has 2 rings (SSSR count). The van der Waals surface area contributed by atoms with Crippen LogP contribution in [0.15, 0.2) is 35.4 Å². The van der Waals surface area contributed by atoms with Gasteiger partial charge >= 0.3 is 0 Å². The van der Waals surface area contributed by atoms with Crippen LogP contribution in [0, 0.1) is 0 Å². The highest BCUT2D eigenvalue weighted by Crippen LogP contribution is 2.28. The minimum absolute atomic E-state index is 0.00592. The average molecular weight is 339 g/mol. The number of aliphatic hydroxyl groups is 1. The Balaban J connectivity index is 1.91. The van der Waals surface area contributed by atoms with Crippen LogP contribution in [0.3, 0.4) is 0 Å². The van der Waals surface area contributed by atoms with E-state index in [-0.39, 0.29) is 18.6 Å². The number of carbonyl (C=O) groups excluding carboxylic acids is 1. The van der Waals surface area contributed by atoms with E-state index in [0.29, 0.717) is 23.6 Å². The molecular weight excluding hydrogens is 320 g/mol. The number of pyridine rings is 1. The normalized spacial score (nSPS) is 12.3. The van der Waals surface area contributed by atoms with Gasteiger partial charge in [-0.1, -0.05) is 17.7 Å². The first kappa shape index (κ1) is 17.1. The van der Waals surface area contributed by atoms with E-state index in [1.165, 1.54) is 0 Å². The second-order valence-electron chi connectivity index (χ2n) is 5.05. The molecule has 2 aromatic rings. The lowest BCUT2D eigenvalue weighted by Gasteiger charge is -2.12. The highest BCUT2D eigenvalue weighted by atomic mass is 35.5. The van der Waals surface area contributed by atoms with Crippen LogP contribution in [-0.4, -0.2) is 34.4 Å². The zero-order valence-electron chi connectivity index (χ0n) is 12.4. The molecule has 0 spiro atoms. The number of amides is 1. The van der Waals surface area contributed by atoms with Crippen LogP contribution in [-0.2, 0) is 4.79 Å². The van der Waals surface area contributed by atoms with Crippen molar-refractivity contribution in [3.05, 3.63) is 35.5 Å². The second-order valence-corrected chi connectivity index (χ2v) is 6.62. The topological polar surface area (TPSA) is 62.2 Å². The fraction of sp³-hybridized carbons (Fsp3) is 0.375. The minimum Gasteiger partial charge on any atom is -0.396 e. The molecule has 0 aliphatic carbocycles. The Morgan fingerprint density at radius 1 is 1.45 bits per heavy atom. The number of rotatable bonds is 7. The van der Waals surface area contributed by atoms with Crippen molar-refractivity contribution in [3.63, 3.8) is 0 Å². The molecule has 1 heterocycles. The van der Waals surface area contributed by atoms with Gasteiger partial charge in [0.05, 0.1) is 5.52 Å². The van der Waals surface area contributed by atoms with Crippen molar-refractivity contribution in [1.29, 1.82) is 0 Å². The highest BCUT2D eigenvalue weighted by Gasteiger charge is 2.08. The van der Waals surface area contributed by atoms with Crippen molar-refractivity contribution in [2.24, 2.45) is 0 Å². The summed E-state index contributed by atoms with van der Waals surface area (Å²) in [5.74, 6) is 0.703. The molecule has 4 nitrogen and oxygen atoms in total. The van der Waals surface area contributed by atoms with E-state index in [1.54, 1.807) is 18.0 Å². The second kappa shape index (κ2) is 8.36. The molecule has 0 radical (unpaired) electrons. The van der Waals surface area contributed by atoms with E-state index < -0.39 is 0 Å². The molecular formula is C16H19ClN2O2S. The smallest absolute Gasteiger partial charge is 0.221 e. The Morgan fingerprint density at radius 2 is 2.27 bits per heavy atom. The Bertz CT molecular complexity index is 651. The number of fused-ring (bicyclic) bond motifs is 1. The molecule has 0 aliphatic rings. The van der Waals surface area contributed by atoms with E-state index in [4.69, 9.17) is 16.7 Å². The number of aliphatic hydroxyl groups excluding tert-OH is 1. The Kier molecular flexibility index (Phi) is 6.49. The first-order chi connectivity index (χ1) is 10.6. The molecule has 1 unspecified atom stereocenters. The number of nitrogens with zero attached hydrogens (tertiary/aromatic N) is 1. The number of benzene rings is 1. The number of halogens is 1. The molecule has 1 amide bonds. The van der Waals surface area contributed by atoms with Crippen LogP contribution in [0.1, 0.15) is 19.8 Å². The molecule has 0 saturated heterocycles. The summed E-state index contributed by atoms with van der Waals surface area (Å²) in [6.07, 6.45) is 2.77. The Hall–Kier alpha value is -1.30. The van der Waals surface area contributed by atoms with Gasteiger partial charge < -0.3 is 10.4 Å². The summed E-state index contributed by atoms with van der Waals surface area (Å²) in [4.78, 5) is 17.2. The van der Waals surface area contributed by atoms with Crippen LogP contribution in [0.2, 0.25) is 5.02 Å². The van der Waals surface area contributed by atoms with Gasteiger partial charge in [0.1, 0.15) is 0 Å². The molecule has 1 aromatic carbocycles. The summed E-state index contributed by atoms with van der Waals surface area (Å²) in [5.41, 5.74) is 0.860. The Labute approximate surface area is 139 Å². The maximum atomic E-state index is 11.8. The lowest BCUT2D eigenvalue weighted by molar-refractivity contribution is -0.121. The van der Waals surface area contributed by atoms with Crippen LogP contribution in [0.4, 0.5) is 0 Å². The summed E-state index contributed by atoms with van der Waals surface area (Å²) < 4.78 is 0. The molecule has 1 aromatic heterocycles. The number of nitrogens with one attached hydrogen (secondary N) is 1. The highest BCUT2D eigenvalue weighted by molar-refractivity contribution is 7.99. The largest absolute Gasteiger partial charge is 0.396 e. The van der Waals surface area contributed by atoms with E-state index in [1.807, 2.05) is 31.2 Å². The zero-order chi connectivity index (χ0) is 15.9. The molecule has 6 heteroatoms. The van der Waals surface area contributed by atoms with Gasteiger partial charge in [-0.2, -0.15) is 0 Å². The van der Waals surface area contributed by atoms with Crippen molar-refractivity contribution < 1.29 is 9.90 Å². The van der Waals surface area contributed by atoms with E-state index in [9.17, 15) is 4.79 Å². The van der Waals surface area contributed by atoms with Crippen LogP contribution in [0.5, 0.6) is 0 Å². The fourth-order valence-corrected chi connectivity index (χ4v) is 3.25. The van der Waals surface area contributed by atoms with E-state index in [0.717, 1.165) is 15.8 Å². The van der Waals surface area contributed by atoms with E-state index in [2.05, 4.69) is 10.3 Å². The van der Waals surface area contributed by atoms with Gasteiger partial charge in [0.15, 0.2) is 0 Å². The predicted octanol–water partition coefficient (Wildman–Crippen LogP) is 3.26. The third kappa shape index (κ3) is 4.87. The minimum atomic E-state index is 0.00592. The monoisotopic (exact) mass is 338 g/mol. The van der Waals surface area contributed by atoms with Gasteiger partial charge in [0, 0.05) is 46.3 Å². The SMILES string of the molecule is CC(CCO)NC(=O)CCSc1ccnc2cc(Cl)ccc12. The molecule has 0 saturated carbocycles. The van der Waals surface area contributed by atoms with Crippen molar-refractivity contribution in [3.8, 4) is 0 Å².